The highest BCUT2D eigenvalue weighted by Crippen LogP contribution is 2.18. The number of rotatable bonds is 5. The van der Waals surface area contributed by atoms with E-state index in [1.54, 1.807) is 0 Å². The molecule has 0 spiro atoms. The van der Waals surface area contributed by atoms with E-state index in [1.165, 1.54) is 11.1 Å². The van der Waals surface area contributed by atoms with Crippen molar-refractivity contribution in [1.29, 1.82) is 0 Å². The summed E-state index contributed by atoms with van der Waals surface area (Å²) in [7, 11) is 0. The van der Waals surface area contributed by atoms with Crippen molar-refractivity contribution in [3.8, 4) is 5.75 Å². The average Bonchev–Trinajstić information content (AvgIpc) is 2.45. The molecule has 0 N–H and O–H groups in total. The molecule has 0 unspecified atom stereocenters. The number of benzene rings is 2. The predicted molar refractivity (Wildman–Crippen MR) is 76.8 cm³/mol. The lowest BCUT2D eigenvalue weighted by atomic mass is 10.1. The van der Waals surface area contributed by atoms with Crippen molar-refractivity contribution in [3.63, 3.8) is 0 Å². The van der Waals surface area contributed by atoms with E-state index in [4.69, 9.17) is 4.74 Å². The highest BCUT2D eigenvalue weighted by molar-refractivity contribution is 5.48. The van der Waals surface area contributed by atoms with Crippen molar-refractivity contribution in [2.75, 3.05) is 6.61 Å². The van der Waals surface area contributed by atoms with E-state index in [1.807, 2.05) is 42.5 Å². The van der Waals surface area contributed by atoms with Crippen LogP contribution in [0.1, 0.15) is 18.1 Å². The van der Waals surface area contributed by atoms with Crippen LogP contribution < -0.4 is 4.74 Å². The van der Waals surface area contributed by atoms with Gasteiger partial charge in [-0.15, -0.1) is 0 Å². The molecule has 0 aliphatic carbocycles. The maximum Gasteiger partial charge on any atom is 0.122 e. The summed E-state index contributed by atoms with van der Waals surface area (Å²) in [5, 5.41) is 0. The van der Waals surface area contributed by atoms with Crippen LogP contribution in [-0.4, -0.2) is 6.61 Å². The SMILES string of the molecule is CCc1ccccc1OCC=Cc1ccccc1. The summed E-state index contributed by atoms with van der Waals surface area (Å²) in [5.74, 6) is 0.984. The van der Waals surface area contributed by atoms with Crippen molar-refractivity contribution in [1.82, 2.24) is 0 Å². The third-order valence-corrected chi connectivity index (χ3v) is 2.80. The topological polar surface area (TPSA) is 9.23 Å². The van der Waals surface area contributed by atoms with E-state index in [9.17, 15) is 0 Å². The lowest BCUT2D eigenvalue weighted by Crippen LogP contribution is -1.96. The van der Waals surface area contributed by atoms with E-state index >= 15 is 0 Å². The fraction of sp³-hybridized carbons (Fsp3) is 0.176. The van der Waals surface area contributed by atoms with Crippen molar-refractivity contribution >= 4 is 6.08 Å². The second-order valence-corrected chi connectivity index (χ2v) is 4.09. The molecule has 2 aromatic carbocycles. The molecule has 0 saturated heterocycles. The molecule has 1 nitrogen and oxygen atoms in total. The van der Waals surface area contributed by atoms with Crippen molar-refractivity contribution in [2.45, 2.75) is 13.3 Å². The van der Waals surface area contributed by atoms with Gasteiger partial charge in [0.1, 0.15) is 12.4 Å². The number of ether oxygens (including phenoxy) is 1. The zero-order valence-electron chi connectivity index (χ0n) is 10.7. The van der Waals surface area contributed by atoms with Crippen LogP contribution in [0.25, 0.3) is 6.08 Å². The highest BCUT2D eigenvalue weighted by atomic mass is 16.5. The van der Waals surface area contributed by atoms with Crippen LogP contribution in [0.15, 0.2) is 60.7 Å². The van der Waals surface area contributed by atoms with E-state index in [0.717, 1.165) is 12.2 Å². The van der Waals surface area contributed by atoms with Crippen molar-refractivity contribution < 1.29 is 4.74 Å². The predicted octanol–water partition coefficient (Wildman–Crippen LogP) is 4.34. The lowest BCUT2D eigenvalue weighted by molar-refractivity contribution is 0.360. The molecule has 0 atom stereocenters. The minimum Gasteiger partial charge on any atom is -0.489 e. The minimum atomic E-state index is 0.603. The van der Waals surface area contributed by atoms with E-state index in [-0.39, 0.29) is 0 Å². The Morgan fingerprint density at radius 2 is 1.67 bits per heavy atom. The van der Waals surface area contributed by atoms with Gasteiger partial charge >= 0.3 is 0 Å². The Labute approximate surface area is 109 Å². The van der Waals surface area contributed by atoms with Gasteiger partial charge in [-0.1, -0.05) is 61.5 Å². The van der Waals surface area contributed by atoms with E-state index < -0.39 is 0 Å². The van der Waals surface area contributed by atoms with Gasteiger partial charge in [-0.3, -0.25) is 0 Å². The Hall–Kier alpha value is -2.02. The molecule has 0 radical (unpaired) electrons. The summed E-state index contributed by atoms with van der Waals surface area (Å²) in [5.41, 5.74) is 2.45. The zero-order valence-corrected chi connectivity index (χ0v) is 10.7. The summed E-state index contributed by atoms with van der Waals surface area (Å²) in [6.45, 7) is 2.74. The van der Waals surface area contributed by atoms with Gasteiger partial charge in [0.25, 0.3) is 0 Å². The second kappa shape index (κ2) is 6.65. The molecule has 0 aromatic heterocycles. The van der Waals surface area contributed by atoms with Crippen LogP contribution in [0.2, 0.25) is 0 Å². The summed E-state index contributed by atoms with van der Waals surface area (Å²) >= 11 is 0. The highest BCUT2D eigenvalue weighted by Gasteiger charge is 1.98. The first-order chi connectivity index (χ1) is 8.90. The summed E-state index contributed by atoms with van der Waals surface area (Å²) in [6, 6.07) is 18.4. The first kappa shape index (κ1) is 12.4. The number of hydrogen-bond acceptors (Lipinski definition) is 1. The third kappa shape index (κ3) is 3.49. The molecule has 0 bridgehead atoms. The molecular weight excluding hydrogens is 220 g/mol. The molecule has 1 heteroatoms. The van der Waals surface area contributed by atoms with Crippen LogP contribution in [0, 0.1) is 0 Å². The van der Waals surface area contributed by atoms with Gasteiger partial charge in [-0.05, 0) is 29.7 Å². The fourth-order valence-electron chi connectivity index (χ4n) is 1.82. The molecule has 0 aliphatic heterocycles. The molecule has 0 saturated carbocycles. The molecule has 18 heavy (non-hydrogen) atoms. The molecule has 2 rings (SSSR count). The van der Waals surface area contributed by atoms with Gasteiger partial charge in [0.15, 0.2) is 0 Å². The van der Waals surface area contributed by atoms with Crippen molar-refractivity contribution in [3.05, 3.63) is 71.8 Å². The summed E-state index contributed by atoms with van der Waals surface area (Å²) < 4.78 is 5.76. The maximum atomic E-state index is 5.76. The Morgan fingerprint density at radius 3 is 2.44 bits per heavy atom. The maximum absolute atomic E-state index is 5.76. The normalized spacial score (nSPS) is 10.7. The Kier molecular flexibility index (Phi) is 4.60. The molecule has 0 heterocycles. The first-order valence-electron chi connectivity index (χ1n) is 6.32. The van der Waals surface area contributed by atoms with Crippen LogP contribution in [0.4, 0.5) is 0 Å². The lowest BCUT2D eigenvalue weighted by Gasteiger charge is -2.07. The van der Waals surface area contributed by atoms with Crippen LogP contribution in [-0.2, 0) is 6.42 Å². The van der Waals surface area contributed by atoms with Gasteiger partial charge < -0.3 is 4.74 Å². The monoisotopic (exact) mass is 238 g/mol. The number of para-hydroxylation sites is 1. The van der Waals surface area contributed by atoms with E-state index in [0.29, 0.717) is 6.61 Å². The summed E-state index contributed by atoms with van der Waals surface area (Å²) in [6.07, 6.45) is 5.12. The van der Waals surface area contributed by atoms with Gasteiger partial charge in [0, 0.05) is 0 Å². The molecule has 0 aliphatic rings. The number of hydrogen-bond donors (Lipinski definition) is 0. The standard InChI is InChI=1S/C17H18O/c1-2-16-12-6-7-13-17(16)18-14-8-11-15-9-4-3-5-10-15/h3-13H,2,14H2,1H3. The van der Waals surface area contributed by atoms with Gasteiger partial charge in [-0.25, -0.2) is 0 Å². The molecule has 92 valence electrons. The third-order valence-electron chi connectivity index (χ3n) is 2.80. The smallest absolute Gasteiger partial charge is 0.122 e. The average molecular weight is 238 g/mol. The van der Waals surface area contributed by atoms with Crippen LogP contribution in [0.3, 0.4) is 0 Å². The largest absolute Gasteiger partial charge is 0.489 e. The van der Waals surface area contributed by atoms with Gasteiger partial charge in [-0.2, -0.15) is 0 Å². The quantitative estimate of drug-likeness (QED) is 0.753. The molecular formula is C17H18O. The van der Waals surface area contributed by atoms with Crippen LogP contribution >= 0.6 is 0 Å². The minimum absolute atomic E-state index is 0.603. The second-order valence-electron chi connectivity index (χ2n) is 4.09. The van der Waals surface area contributed by atoms with E-state index in [2.05, 4.69) is 31.2 Å². The van der Waals surface area contributed by atoms with Gasteiger partial charge in [0.05, 0.1) is 0 Å². The molecule has 0 fully saturated rings. The zero-order chi connectivity index (χ0) is 12.6. The summed E-state index contributed by atoms with van der Waals surface area (Å²) in [4.78, 5) is 0. The number of aryl methyl sites for hydroxylation is 1. The van der Waals surface area contributed by atoms with Crippen LogP contribution in [0.5, 0.6) is 5.75 Å². The van der Waals surface area contributed by atoms with Gasteiger partial charge in [0.2, 0.25) is 0 Å². The molecule has 2 aromatic rings. The Morgan fingerprint density at radius 1 is 0.944 bits per heavy atom. The Balaban J connectivity index is 1.91. The fourth-order valence-corrected chi connectivity index (χ4v) is 1.82. The Bertz CT molecular complexity index is 500. The molecule has 0 amide bonds. The first-order valence-corrected chi connectivity index (χ1v) is 6.32. The van der Waals surface area contributed by atoms with Crippen molar-refractivity contribution in [2.24, 2.45) is 0 Å².